The summed E-state index contributed by atoms with van der Waals surface area (Å²) in [6.07, 6.45) is 7.98. The van der Waals surface area contributed by atoms with Gasteiger partial charge in [-0.3, -0.25) is 0 Å². The van der Waals surface area contributed by atoms with E-state index in [4.69, 9.17) is 0 Å². The molecule has 0 radical (unpaired) electrons. The minimum Gasteiger partial charge on any atom is -0.215 e. The minimum atomic E-state index is -3.00. The van der Waals surface area contributed by atoms with Crippen LogP contribution in [0.2, 0.25) is 0 Å². The van der Waals surface area contributed by atoms with Crippen LogP contribution in [0, 0.1) is 0 Å². The van der Waals surface area contributed by atoms with Gasteiger partial charge in [-0.1, -0.05) is 11.6 Å². The predicted molar refractivity (Wildman–Crippen MR) is 58.6 cm³/mol. The highest BCUT2D eigenvalue weighted by Crippen LogP contribution is 2.19. The average molecular weight is 217 g/mol. The summed E-state index contributed by atoms with van der Waals surface area (Å²) in [6.45, 7) is 2.21. The zero-order valence-corrected chi connectivity index (χ0v) is 9.57. The highest BCUT2D eigenvalue weighted by Gasteiger charge is 2.07. The summed E-state index contributed by atoms with van der Waals surface area (Å²) in [4.78, 5) is 0. The van der Waals surface area contributed by atoms with Gasteiger partial charge in [-0.05, 0) is 39.0 Å². The van der Waals surface area contributed by atoms with Crippen molar-refractivity contribution in [1.82, 2.24) is 4.72 Å². The van der Waals surface area contributed by atoms with E-state index in [2.05, 4.69) is 10.8 Å². The van der Waals surface area contributed by atoms with Crippen LogP contribution in [0.15, 0.2) is 11.6 Å². The van der Waals surface area contributed by atoms with Crippen LogP contribution in [-0.2, 0) is 10.0 Å². The van der Waals surface area contributed by atoms with Gasteiger partial charge >= 0.3 is 0 Å². The van der Waals surface area contributed by atoms with E-state index in [1.165, 1.54) is 18.4 Å². The molecular formula is C10H19NO2S. The summed E-state index contributed by atoms with van der Waals surface area (Å²) >= 11 is 0. The first-order valence-corrected chi connectivity index (χ1v) is 6.94. The van der Waals surface area contributed by atoms with Crippen molar-refractivity contribution >= 4 is 10.0 Å². The Morgan fingerprint density at radius 3 is 2.79 bits per heavy atom. The highest BCUT2D eigenvalue weighted by molar-refractivity contribution is 7.89. The lowest BCUT2D eigenvalue weighted by Gasteiger charge is -2.12. The third kappa shape index (κ3) is 4.24. The molecule has 0 fully saturated rings. The van der Waals surface area contributed by atoms with Gasteiger partial charge in [0.1, 0.15) is 0 Å². The summed E-state index contributed by atoms with van der Waals surface area (Å²) in [5, 5.41) is 0. The molecule has 0 aromatic heterocycles. The van der Waals surface area contributed by atoms with Gasteiger partial charge in [-0.15, -0.1) is 0 Å². The third-order valence-electron chi connectivity index (χ3n) is 2.53. The third-order valence-corrected chi connectivity index (χ3v) is 3.94. The van der Waals surface area contributed by atoms with Crippen LogP contribution in [0.5, 0.6) is 0 Å². The molecule has 0 amide bonds. The normalized spacial score (nSPS) is 17.9. The molecule has 0 saturated carbocycles. The Balaban J connectivity index is 2.24. The number of sulfonamides is 1. The number of rotatable bonds is 5. The van der Waals surface area contributed by atoms with Crippen molar-refractivity contribution in [2.75, 3.05) is 12.3 Å². The Hall–Kier alpha value is -0.350. The van der Waals surface area contributed by atoms with Crippen molar-refractivity contribution in [2.24, 2.45) is 0 Å². The molecule has 0 heterocycles. The van der Waals surface area contributed by atoms with E-state index in [0.29, 0.717) is 6.54 Å². The minimum absolute atomic E-state index is 0.173. The molecule has 4 heteroatoms. The molecule has 1 rings (SSSR count). The highest BCUT2D eigenvalue weighted by atomic mass is 32.2. The molecule has 0 spiro atoms. The molecule has 0 aromatic carbocycles. The monoisotopic (exact) mass is 217 g/mol. The first kappa shape index (κ1) is 11.7. The van der Waals surface area contributed by atoms with Crippen LogP contribution in [0.1, 0.15) is 39.0 Å². The van der Waals surface area contributed by atoms with Crippen molar-refractivity contribution in [3.8, 4) is 0 Å². The lowest BCUT2D eigenvalue weighted by atomic mass is 9.97. The van der Waals surface area contributed by atoms with E-state index in [0.717, 1.165) is 19.3 Å². The smallest absolute Gasteiger partial charge is 0.211 e. The van der Waals surface area contributed by atoms with E-state index in [1.54, 1.807) is 6.92 Å². The fourth-order valence-electron chi connectivity index (χ4n) is 1.60. The molecule has 0 bridgehead atoms. The molecule has 0 aliphatic heterocycles. The number of nitrogens with one attached hydrogen (secondary N) is 1. The van der Waals surface area contributed by atoms with Gasteiger partial charge in [0.05, 0.1) is 5.75 Å². The fraction of sp³-hybridized carbons (Fsp3) is 0.800. The lowest BCUT2D eigenvalue weighted by Crippen LogP contribution is -2.26. The zero-order valence-electron chi connectivity index (χ0n) is 8.75. The fourth-order valence-corrected chi connectivity index (χ4v) is 2.22. The molecule has 0 atom stereocenters. The van der Waals surface area contributed by atoms with E-state index < -0.39 is 10.0 Å². The van der Waals surface area contributed by atoms with Crippen LogP contribution in [0.4, 0.5) is 0 Å². The van der Waals surface area contributed by atoms with Crippen LogP contribution < -0.4 is 4.72 Å². The van der Waals surface area contributed by atoms with Gasteiger partial charge in [0.25, 0.3) is 0 Å². The van der Waals surface area contributed by atoms with Gasteiger partial charge in [-0.25, -0.2) is 13.1 Å². The predicted octanol–water partition coefficient (Wildman–Crippen LogP) is 1.82. The maximum atomic E-state index is 11.1. The Kier molecular flexibility index (Phi) is 4.62. The van der Waals surface area contributed by atoms with Crippen LogP contribution in [0.25, 0.3) is 0 Å². The van der Waals surface area contributed by atoms with Crippen molar-refractivity contribution < 1.29 is 8.42 Å². The molecule has 0 saturated heterocycles. The van der Waals surface area contributed by atoms with E-state index in [-0.39, 0.29) is 5.75 Å². The van der Waals surface area contributed by atoms with Crippen LogP contribution >= 0.6 is 0 Å². The summed E-state index contributed by atoms with van der Waals surface area (Å²) < 4.78 is 24.8. The first-order valence-electron chi connectivity index (χ1n) is 5.29. The molecule has 0 aromatic rings. The van der Waals surface area contributed by atoms with Crippen molar-refractivity contribution in [3.05, 3.63) is 11.6 Å². The summed E-state index contributed by atoms with van der Waals surface area (Å²) in [6, 6.07) is 0. The Morgan fingerprint density at radius 2 is 2.21 bits per heavy atom. The van der Waals surface area contributed by atoms with Crippen molar-refractivity contribution in [1.29, 1.82) is 0 Å². The molecule has 1 N–H and O–H groups in total. The molecule has 3 nitrogen and oxygen atoms in total. The second-order valence-corrected chi connectivity index (χ2v) is 5.75. The zero-order chi connectivity index (χ0) is 10.4. The number of hydrogen-bond donors (Lipinski definition) is 1. The second kappa shape index (κ2) is 5.51. The maximum absolute atomic E-state index is 11.1. The average Bonchev–Trinajstić information content (AvgIpc) is 2.19. The second-order valence-electron chi connectivity index (χ2n) is 3.66. The molecule has 1 aliphatic carbocycles. The van der Waals surface area contributed by atoms with Gasteiger partial charge in [0.15, 0.2) is 0 Å². The van der Waals surface area contributed by atoms with Gasteiger partial charge in [0, 0.05) is 6.54 Å². The lowest BCUT2D eigenvalue weighted by molar-refractivity contribution is 0.580. The summed E-state index contributed by atoms with van der Waals surface area (Å²) in [5.41, 5.74) is 1.41. The molecule has 14 heavy (non-hydrogen) atoms. The number of hydrogen-bond acceptors (Lipinski definition) is 2. The van der Waals surface area contributed by atoms with Crippen molar-refractivity contribution in [2.45, 2.75) is 39.0 Å². The quantitative estimate of drug-likeness (QED) is 0.714. The molecule has 1 aliphatic rings. The number of allylic oxidation sites excluding steroid dienone is 1. The largest absolute Gasteiger partial charge is 0.215 e. The standard InChI is InChI=1S/C10H19NO2S/c1-2-14(12,13)11-9-8-10-6-4-3-5-7-10/h6,11H,2-5,7-9H2,1H3. The molecule has 82 valence electrons. The van der Waals surface area contributed by atoms with Gasteiger partial charge in [-0.2, -0.15) is 0 Å². The summed E-state index contributed by atoms with van der Waals surface area (Å²) in [7, 11) is -3.00. The molecule has 0 unspecified atom stereocenters. The van der Waals surface area contributed by atoms with Gasteiger partial charge in [0.2, 0.25) is 10.0 Å². The van der Waals surface area contributed by atoms with E-state index in [9.17, 15) is 8.42 Å². The SMILES string of the molecule is CCS(=O)(=O)NCCC1=CCCCC1. The molecular weight excluding hydrogens is 198 g/mol. The summed E-state index contributed by atoms with van der Waals surface area (Å²) in [5.74, 6) is 0.173. The Bertz CT molecular complexity index is 293. The Morgan fingerprint density at radius 1 is 1.43 bits per heavy atom. The van der Waals surface area contributed by atoms with Crippen molar-refractivity contribution in [3.63, 3.8) is 0 Å². The van der Waals surface area contributed by atoms with Crippen LogP contribution in [-0.4, -0.2) is 20.7 Å². The maximum Gasteiger partial charge on any atom is 0.211 e. The van der Waals surface area contributed by atoms with Gasteiger partial charge < -0.3 is 0 Å². The van der Waals surface area contributed by atoms with E-state index >= 15 is 0 Å². The topological polar surface area (TPSA) is 46.2 Å². The first-order chi connectivity index (χ1) is 6.64. The van der Waals surface area contributed by atoms with E-state index in [1.807, 2.05) is 0 Å². The Labute approximate surface area is 86.6 Å². The van der Waals surface area contributed by atoms with Crippen LogP contribution in [0.3, 0.4) is 0 Å².